The van der Waals surface area contributed by atoms with E-state index in [4.69, 9.17) is 31.2 Å². The number of fused-ring (bicyclic) bond motifs is 1. The van der Waals surface area contributed by atoms with E-state index in [-0.39, 0.29) is 5.88 Å². The lowest BCUT2D eigenvalue weighted by molar-refractivity contribution is 0.284. The molecule has 0 radical (unpaired) electrons. The van der Waals surface area contributed by atoms with Crippen LogP contribution in [0.5, 0.6) is 0 Å². The third kappa shape index (κ3) is 5.23. The fraction of sp³-hybridized carbons (Fsp3) is 0.265. The second kappa shape index (κ2) is 11.1. The van der Waals surface area contributed by atoms with Gasteiger partial charge in [0.1, 0.15) is 11.5 Å². The van der Waals surface area contributed by atoms with E-state index < -0.39 is 0 Å². The Bertz CT molecular complexity index is 1960. The number of nitrogens with zero attached hydrogens (tertiary/aromatic N) is 7. The van der Waals surface area contributed by atoms with Gasteiger partial charge < -0.3 is 20.8 Å². The Kier molecular flexibility index (Phi) is 6.96. The number of ether oxygens (including phenoxy) is 1. The number of anilines is 1. The van der Waals surface area contributed by atoms with Crippen LogP contribution in [0.3, 0.4) is 0 Å². The van der Waals surface area contributed by atoms with Crippen molar-refractivity contribution in [3.63, 3.8) is 0 Å². The minimum absolute atomic E-state index is 0.154. The Morgan fingerprint density at radius 1 is 0.977 bits per heavy atom. The van der Waals surface area contributed by atoms with Gasteiger partial charge >= 0.3 is 0 Å². The lowest BCUT2D eigenvalue weighted by Gasteiger charge is -2.11. The molecule has 2 fully saturated rings. The number of rotatable bonds is 9. The van der Waals surface area contributed by atoms with Crippen LogP contribution >= 0.6 is 0 Å². The highest BCUT2D eigenvalue weighted by molar-refractivity contribution is 5.98. The van der Waals surface area contributed by atoms with E-state index in [2.05, 4.69) is 33.8 Å². The molecule has 0 bridgehead atoms. The quantitative estimate of drug-likeness (QED) is 0.124. The molecule has 0 aliphatic heterocycles. The highest BCUT2D eigenvalue weighted by Crippen LogP contribution is 2.48. The van der Waals surface area contributed by atoms with E-state index in [9.17, 15) is 0 Å². The molecule has 0 saturated heterocycles. The van der Waals surface area contributed by atoms with E-state index in [1.807, 2.05) is 60.4 Å². The van der Waals surface area contributed by atoms with Crippen LogP contribution < -0.4 is 11.5 Å². The van der Waals surface area contributed by atoms with Crippen molar-refractivity contribution in [2.75, 3.05) is 12.8 Å². The van der Waals surface area contributed by atoms with Gasteiger partial charge in [-0.1, -0.05) is 30.3 Å². The zero-order valence-electron chi connectivity index (χ0n) is 25.1. The van der Waals surface area contributed by atoms with Gasteiger partial charge in [0, 0.05) is 71.8 Å². The molecule has 0 spiro atoms. The third-order valence-electron chi connectivity index (χ3n) is 8.24. The Morgan fingerprint density at radius 2 is 1.75 bits per heavy atom. The van der Waals surface area contributed by atoms with Gasteiger partial charge in [0.25, 0.3) is 0 Å². The monoisotopic (exact) mass is 585 g/mol. The van der Waals surface area contributed by atoms with Crippen LogP contribution in [-0.2, 0) is 18.8 Å². The summed E-state index contributed by atoms with van der Waals surface area (Å²) in [5, 5.41) is 5.58. The summed E-state index contributed by atoms with van der Waals surface area (Å²) >= 11 is 0. The third-order valence-corrected chi connectivity index (χ3v) is 8.24. The molecule has 4 N–H and O–H groups in total. The molecule has 0 unspecified atom stereocenters. The number of hydrogen-bond acceptors (Lipinski definition) is 8. The molecular formula is C34H35N9O. The average molecular weight is 586 g/mol. The zero-order chi connectivity index (χ0) is 30.4. The van der Waals surface area contributed by atoms with Crippen LogP contribution in [0.15, 0.2) is 82.4 Å². The van der Waals surface area contributed by atoms with Gasteiger partial charge in [-0.2, -0.15) is 5.10 Å². The number of allylic oxidation sites excluding steroid dienone is 1. The second-order valence-electron chi connectivity index (χ2n) is 11.5. The summed E-state index contributed by atoms with van der Waals surface area (Å²) in [4.78, 5) is 19.6. The van der Waals surface area contributed by atoms with Crippen molar-refractivity contribution < 1.29 is 4.74 Å². The Labute approximate surface area is 255 Å². The highest BCUT2D eigenvalue weighted by Gasteiger charge is 2.35. The van der Waals surface area contributed by atoms with Gasteiger partial charge in [0.2, 0.25) is 5.88 Å². The van der Waals surface area contributed by atoms with E-state index >= 15 is 0 Å². The number of para-hydroxylation sites is 1. The van der Waals surface area contributed by atoms with Crippen molar-refractivity contribution in [3.05, 3.63) is 89.3 Å². The Balaban J connectivity index is 1.34. The number of benzene rings is 2. The molecule has 2 aliphatic carbocycles. The van der Waals surface area contributed by atoms with Crippen molar-refractivity contribution in [3.8, 4) is 22.6 Å². The maximum Gasteiger partial charge on any atom is 0.212 e. The predicted octanol–water partition coefficient (Wildman–Crippen LogP) is 5.97. The van der Waals surface area contributed by atoms with Gasteiger partial charge in [-0.25, -0.2) is 15.0 Å². The molecule has 5 aromatic rings. The normalized spacial score (nSPS) is 15.9. The largest absolute Gasteiger partial charge is 0.481 e. The lowest BCUT2D eigenvalue weighted by Crippen LogP contribution is -2.05. The van der Waals surface area contributed by atoms with Gasteiger partial charge in [0.05, 0.1) is 30.4 Å². The van der Waals surface area contributed by atoms with E-state index in [1.54, 1.807) is 12.4 Å². The fourth-order valence-corrected chi connectivity index (χ4v) is 5.69. The molecule has 0 amide bonds. The van der Waals surface area contributed by atoms with Crippen molar-refractivity contribution >= 4 is 34.8 Å². The molecule has 3 heterocycles. The molecule has 0 atom stereocenters. The molecule has 3 aromatic heterocycles. The molecule has 222 valence electrons. The maximum absolute atomic E-state index is 6.60. The van der Waals surface area contributed by atoms with Crippen LogP contribution in [0.2, 0.25) is 0 Å². The first-order chi connectivity index (χ1) is 21.4. The summed E-state index contributed by atoms with van der Waals surface area (Å²) in [6, 6.07) is 17.7. The standard InChI is InChI=1S/C34H35N9O/c1-42-19-22-16-25(29(20-12-13-20)39-33(22)41-42)34-40-30(31(43(34)2)21-14-15-21)24-10-7-11-27(35)26(24)17-38-28(32(36)44-3)18-37-23-8-5-4-6-9-23/h4-11,16-21H,12-15,35-36H2,1-3H3/b32-28-,37-18?,38-17?. The number of methoxy groups -OCH3 is 1. The zero-order valence-corrected chi connectivity index (χ0v) is 25.1. The van der Waals surface area contributed by atoms with Gasteiger partial charge in [-0.15, -0.1) is 0 Å². The Hall–Kier alpha value is -5.25. The lowest BCUT2D eigenvalue weighted by atomic mass is 10.0. The van der Waals surface area contributed by atoms with Crippen LogP contribution in [-0.4, -0.2) is 43.9 Å². The molecule has 10 nitrogen and oxygen atoms in total. The van der Waals surface area contributed by atoms with Crippen molar-refractivity contribution in [1.29, 1.82) is 0 Å². The summed E-state index contributed by atoms with van der Waals surface area (Å²) in [5.41, 5.74) is 21.2. The molecule has 10 heteroatoms. The number of hydrogen-bond donors (Lipinski definition) is 2. The van der Waals surface area contributed by atoms with Crippen LogP contribution in [0.4, 0.5) is 11.4 Å². The fourth-order valence-electron chi connectivity index (χ4n) is 5.69. The average Bonchev–Trinajstić information content (AvgIpc) is 3.97. The number of nitrogen functional groups attached to an aromatic ring is 1. The predicted molar refractivity (Wildman–Crippen MR) is 175 cm³/mol. The molecular weight excluding hydrogens is 550 g/mol. The number of pyridine rings is 1. The van der Waals surface area contributed by atoms with Gasteiger partial charge in [0.15, 0.2) is 5.65 Å². The number of aromatic nitrogens is 5. The Morgan fingerprint density at radius 3 is 2.48 bits per heavy atom. The van der Waals surface area contributed by atoms with E-state index in [1.165, 1.54) is 12.8 Å². The molecule has 2 saturated carbocycles. The van der Waals surface area contributed by atoms with Crippen molar-refractivity contribution in [2.24, 2.45) is 29.8 Å². The number of nitrogens with two attached hydrogens (primary N) is 2. The van der Waals surface area contributed by atoms with E-state index in [0.717, 1.165) is 76.3 Å². The molecule has 7 rings (SSSR count). The van der Waals surface area contributed by atoms with Gasteiger partial charge in [-0.3, -0.25) is 9.67 Å². The summed E-state index contributed by atoms with van der Waals surface area (Å²) in [7, 11) is 5.55. The summed E-state index contributed by atoms with van der Waals surface area (Å²) in [5.74, 6) is 1.93. The first-order valence-electron chi connectivity index (χ1n) is 14.9. The van der Waals surface area contributed by atoms with Crippen molar-refractivity contribution in [1.82, 2.24) is 24.3 Å². The van der Waals surface area contributed by atoms with Crippen molar-refractivity contribution in [2.45, 2.75) is 37.5 Å². The summed E-state index contributed by atoms with van der Waals surface area (Å²) in [6.07, 6.45) is 9.86. The minimum Gasteiger partial charge on any atom is -0.481 e. The van der Waals surface area contributed by atoms with Crippen LogP contribution in [0, 0.1) is 0 Å². The summed E-state index contributed by atoms with van der Waals surface area (Å²) < 4.78 is 9.39. The van der Waals surface area contributed by atoms with Gasteiger partial charge in [-0.05, 0) is 49.9 Å². The van der Waals surface area contributed by atoms with Crippen LogP contribution in [0.25, 0.3) is 33.7 Å². The number of aliphatic imine (C=N–C) groups is 2. The maximum atomic E-state index is 6.60. The van der Waals surface area contributed by atoms with Crippen LogP contribution in [0.1, 0.15) is 54.5 Å². The number of imidazole rings is 1. The molecule has 2 aromatic carbocycles. The second-order valence-corrected chi connectivity index (χ2v) is 11.5. The summed E-state index contributed by atoms with van der Waals surface area (Å²) in [6.45, 7) is 0. The SMILES string of the molecule is CO/C(N)=C(/C=Nc1ccccc1)N=Cc1c(N)cccc1-c1nc(-c2cc3cn(C)nc3nc2C2CC2)n(C)c1C1CC1. The minimum atomic E-state index is 0.154. The highest BCUT2D eigenvalue weighted by atomic mass is 16.5. The molecule has 2 aliphatic rings. The van der Waals surface area contributed by atoms with E-state index in [0.29, 0.717) is 23.2 Å². The first kappa shape index (κ1) is 27.6. The topological polar surface area (TPSA) is 135 Å². The molecule has 44 heavy (non-hydrogen) atoms. The number of aryl methyl sites for hydroxylation is 1. The smallest absolute Gasteiger partial charge is 0.212 e. The first-order valence-corrected chi connectivity index (χ1v) is 14.9.